The molecule has 0 radical (unpaired) electrons. The predicted molar refractivity (Wildman–Crippen MR) is 51.1 cm³/mol. The fourth-order valence-electron chi connectivity index (χ4n) is 0.362. The number of hydrogen-bond donors (Lipinski definition) is 1. The molecule has 4 nitrogen and oxygen atoms in total. The van der Waals surface area contributed by atoms with Crippen LogP contribution in [-0.2, 0) is 4.79 Å². The zero-order valence-corrected chi connectivity index (χ0v) is 9.01. The molecule has 0 saturated carbocycles. The molecule has 0 aliphatic rings. The summed E-state index contributed by atoms with van der Waals surface area (Å²) in [5.74, 6) is 0. The van der Waals surface area contributed by atoms with E-state index in [0.717, 1.165) is 11.0 Å². The van der Waals surface area contributed by atoms with Crippen molar-refractivity contribution < 1.29 is 14.4 Å². The third-order valence-corrected chi connectivity index (χ3v) is 1.12. The standard InChI is InChI=1S/C5H14NO.C3H2ClNO/c1-6(2,3)4-5-7;4-3(6)1-2-5/h7H,4-5H2,1-3H3;1H2/q+1;. The number of nitriles is 1. The Labute approximate surface area is 83.9 Å². The lowest BCUT2D eigenvalue weighted by Crippen LogP contribution is -2.36. The van der Waals surface area contributed by atoms with E-state index in [2.05, 4.69) is 21.1 Å². The number of halogens is 1. The molecule has 0 bridgehead atoms. The summed E-state index contributed by atoms with van der Waals surface area (Å²) in [7, 11) is 6.16. The van der Waals surface area contributed by atoms with Gasteiger partial charge in [-0.05, 0) is 11.6 Å². The number of hydrogen-bond acceptors (Lipinski definition) is 3. The van der Waals surface area contributed by atoms with Crippen LogP contribution in [0.4, 0.5) is 0 Å². The molecule has 0 unspecified atom stereocenters. The molecule has 0 aromatic heterocycles. The van der Waals surface area contributed by atoms with Crippen LogP contribution in [0.25, 0.3) is 0 Å². The maximum Gasteiger partial charge on any atom is 0.235 e. The summed E-state index contributed by atoms with van der Waals surface area (Å²) in [6.07, 6.45) is -0.193. The topological polar surface area (TPSA) is 61.1 Å². The average Bonchev–Trinajstić information content (AvgIpc) is 1.84. The van der Waals surface area contributed by atoms with Gasteiger partial charge in [-0.2, -0.15) is 5.26 Å². The van der Waals surface area contributed by atoms with Crippen molar-refractivity contribution in [3.63, 3.8) is 0 Å². The lowest BCUT2D eigenvalue weighted by atomic mass is 10.5. The molecule has 0 spiro atoms. The van der Waals surface area contributed by atoms with Crippen LogP contribution in [0.1, 0.15) is 6.42 Å². The van der Waals surface area contributed by atoms with E-state index in [4.69, 9.17) is 22.0 Å². The molecule has 0 aliphatic heterocycles. The first-order valence-corrected chi connectivity index (χ1v) is 4.18. The number of rotatable bonds is 3. The minimum atomic E-state index is -0.600. The number of carbonyl (C=O) groups is 1. The maximum absolute atomic E-state index is 9.59. The van der Waals surface area contributed by atoms with Crippen molar-refractivity contribution in [1.82, 2.24) is 0 Å². The Morgan fingerprint density at radius 1 is 1.54 bits per heavy atom. The molecule has 1 N–H and O–H groups in total. The molecule has 0 saturated heterocycles. The zero-order chi connectivity index (χ0) is 10.9. The van der Waals surface area contributed by atoms with Crippen LogP contribution in [-0.4, -0.2) is 49.1 Å². The van der Waals surface area contributed by atoms with Crippen LogP contribution < -0.4 is 0 Å². The second kappa shape index (κ2) is 7.99. The molecule has 76 valence electrons. The van der Waals surface area contributed by atoms with Crippen LogP contribution in [0.5, 0.6) is 0 Å². The lowest BCUT2D eigenvalue weighted by molar-refractivity contribution is -0.870. The molecular weight excluding hydrogens is 192 g/mol. The van der Waals surface area contributed by atoms with Crippen molar-refractivity contribution >= 4 is 16.8 Å². The summed E-state index contributed by atoms with van der Waals surface area (Å²) in [6, 6.07) is 1.59. The van der Waals surface area contributed by atoms with Crippen molar-refractivity contribution in [3.8, 4) is 6.07 Å². The highest BCUT2D eigenvalue weighted by Gasteiger charge is 2.02. The highest BCUT2D eigenvalue weighted by molar-refractivity contribution is 6.63. The highest BCUT2D eigenvalue weighted by Crippen LogP contribution is 1.84. The van der Waals surface area contributed by atoms with Gasteiger partial charge < -0.3 is 9.59 Å². The summed E-state index contributed by atoms with van der Waals surface area (Å²) in [4.78, 5) is 9.59. The number of likely N-dealkylation sites (N-methyl/N-ethyl adjacent to an activating group) is 1. The van der Waals surface area contributed by atoms with Crippen molar-refractivity contribution in [2.24, 2.45) is 0 Å². The van der Waals surface area contributed by atoms with Crippen molar-refractivity contribution in [2.45, 2.75) is 6.42 Å². The van der Waals surface area contributed by atoms with Crippen LogP contribution in [0.2, 0.25) is 0 Å². The van der Waals surface area contributed by atoms with Gasteiger partial charge in [0.15, 0.2) is 0 Å². The summed E-state index contributed by atoms with van der Waals surface area (Å²) in [5.41, 5.74) is 0. The second-order valence-electron chi connectivity index (χ2n) is 3.43. The molecule has 0 aromatic carbocycles. The number of aliphatic hydroxyl groups is 1. The summed E-state index contributed by atoms with van der Waals surface area (Å²) in [5, 5.41) is 15.5. The number of aliphatic hydroxyl groups excluding tert-OH is 1. The first-order valence-electron chi connectivity index (χ1n) is 3.80. The Kier molecular flexibility index (Phi) is 9.14. The molecule has 0 rings (SSSR count). The Balaban J connectivity index is 0. The Hall–Kier alpha value is -0.630. The molecule has 0 aliphatic carbocycles. The first-order chi connectivity index (χ1) is 5.83. The van der Waals surface area contributed by atoms with Gasteiger partial charge in [0, 0.05) is 0 Å². The Morgan fingerprint density at radius 3 is 2.00 bits per heavy atom. The van der Waals surface area contributed by atoms with Crippen molar-refractivity contribution in [2.75, 3.05) is 34.3 Å². The largest absolute Gasteiger partial charge is 0.391 e. The number of carbonyl (C=O) groups excluding carboxylic acids is 1. The Morgan fingerprint density at radius 2 is 2.00 bits per heavy atom. The molecule has 0 atom stereocenters. The van der Waals surface area contributed by atoms with Crippen LogP contribution >= 0.6 is 11.6 Å². The van der Waals surface area contributed by atoms with Crippen molar-refractivity contribution in [3.05, 3.63) is 0 Å². The molecule has 5 heteroatoms. The van der Waals surface area contributed by atoms with E-state index in [1.54, 1.807) is 6.07 Å². The van der Waals surface area contributed by atoms with E-state index in [0.29, 0.717) is 0 Å². The SMILES string of the molecule is C[N+](C)(C)CCO.N#CCC(=O)Cl. The van der Waals surface area contributed by atoms with Crippen LogP contribution in [0.3, 0.4) is 0 Å². The van der Waals surface area contributed by atoms with E-state index in [1.165, 1.54) is 0 Å². The van der Waals surface area contributed by atoms with Gasteiger partial charge in [-0.1, -0.05) is 0 Å². The normalized spacial score (nSPS) is 9.54. The average molecular weight is 208 g/mol. The first kappa shape index (κ1) is 14.9. The second-order valence-corrected chi connectivity index (χ2v) is 3.85. The van der Waals surface area contributed by atoms with E-state index < -0.39 is 5.24 Å². The Bertz CT molecular complexity index is 182. The van der Waals surface area contributed by atoms with Gasteiger partial charge in [0.05, 0.1) is 33.8 Å². The zero-order valence-electron chi connectivity index (χ0n) is 8.25. The third kappa shape index (κ3) is 24.6. The summed E-state index contributed by atoms with van der Waals surface area (Å²) < 4.78 is 0.844. The predicted octanol–water partition coefficient (Wildman–Crippen LogP) is 0.350. The van der Waals surface area contributed by atoms with Gasteiger partial charge in [-0.3, -0.25) is 4.79 Å². The van der Waals surface area contributed by atoms with Gasteiger partial charge >= 0.3 is 0 Å². The van der Waals surface area contributed by atoms with Gasteiger partial charge in [-0.15, -0.1) is 0 Å². The fourth-order valence-corrected chi connectivity index (χ4v) is 0.422. The van der Waals surface area contributed by atoms with Gasteiger partial charge in [-0.25, -0.2) is 0 Å². The lowest BCUT2D eigenvalue weighted by Gasteiger charge is -2.21. The minimum absolute atomic E-state index is 0.193. The molecule has 13 heavy (non-hydrogen) atoms. The number of nitrogens with zero attached hydrogens (tertiary/aromatic N) is 2. The van der Waals surface area contributed by atoms with E-state index in [9.17, 15) is 4.79 Å². The summed E-state index contributed by atoms with van der Waals surface area (Å²) >= 11 is 4.72. The minimum Gasteiger partial charge on any atom is -0.391 e. The van der Waals surface area contributed by atoms with Crippen LogP contribution in [0, 0.1) is 11.3 Å². The van der Waals surface area contributed by atoms with Gasteiger partial charge in [0.1, 0.15) is 13.0 Å². The molecule has 0 heterocycles. The number of quaternary nitrogens is 1. The van der Waals surface area contributed by atoms with E-state index in [1.807, 2.05) is 0 Å². The summed E-state index contributed by atoms with van der Waals surface area (Å²) in [6.45, 7) is 1.11. The maximum atomic E-state index is 9.59. The van der Waals surface area contributed by atoms with E-state index >= 15 is 0 Å². The highest BCUT2D eigenvalue weighted by atomic mass is 35.5. The third-order valence-electron chi connectivity index (χ3n) is 0.989. The van der Waals surface area contributed by atoms with Crippen LogP contribution in [0.15, 0.2) is 0 Å². The fraction of sp³-hybridized carbons (Fsp3) is 0.750. The monoisotopic (exact) mass is 207 g/mol. The molecular formula is C8H16ClN2O2+. The van der Waals surface area contributed by atoms with Gasteiger partial charge in [0.2, 0.25) is 5.24 Å². The molecule has 0 amide bonds. The quantitative estimate of drug-likeness (QED) is 0.537. The molecule has 0 aromatic rings. The van der Waals surface area contributed by atoms with Crippen molar-refractivity contribution in [1.29, 1.82) is 5.26 Å². The molecule has 0 fully saturated rings. The van der Waals surface area contributed by atoms with Gasteiger partial charge in [0.25, 0.3) is 0 Å². The smallest absolute Gasteiger partial charge is 0.235 e. The van der Waals surface area contributed by atoms with E-state index in [-0.39, 0.29) is 13.0 Å².